The Kier molecular flexibility index (Phi) is 4.67. The van der Waals surface area contributed by atoms with Crippen LogP contribution in [0.15, 0.2) is 36.9 Å². The highest BCUT2D eigenvalue weighted by molar-refractivity contribution is 5.87. The smallest absolute Gasteiger partial charge is 0.337 e. The monoisotopic (exact) mass is 298 g/mol. The Morgan fingerprint density at radius 1 is 1.24 bits per heavy atom. The molecule has 1 aromatic rings. The van der Waals surface area contributed by atoms with Gasteiger partial charge in [0.1, 0.15) is 0 Å². The van der Waals surface area contributed by atoms with E-state index in [4.69, 9.17) is 0 Å². The minimum absolute atomic E-state index is 0.103. The molecule has 1 amide bonds. The molecule has 1 aliphatic rings. The molecule has 0 unspecified atom stereocenters. The van der Waals surface area contributed by atoms with Crippen molar-refractivity contribution in [1.82, 2.24) is 9.80 Å². The van der Waals surface area contributed by atoms with E-state index in [1.165, 1.54) is 18.2 Å². The van der Waals surface area contributed by atoms with E-state index in [-0.39, 0.29) is 5.91 Å². The summed E-state index contributed by atoms with van der Waals surface area (Å²) in [5.41, 5.74) is 0.00814. The highest BCUT2D eigenvalue weighted by Gasteiger charge is 2.30. The first-order valence-electron chi connectivity index (χ1n) is 6.70. The highest BCUT2D eigenvalue weighted by atomic mass is 19.4. The average Bonchev–Trinajstić information content (AvgIpc) is 2.47. The molecule has 1 aromatic carbocycles. The van der Waals surface area contributed by atoms with Crippen molar-refractivity contribution in [2.45, 2.75) is 12.7 Å². The van der Waals surface area contributed by atoms with Gasteiger partial charge >= 0.3 is 6.18 Å². The first-order valence-corrected chi connectivity index (χ1v) is 6.70. The molecule has 0 radical (unpaired) electrons. The molecule has 1 fully saturated rings. The summed E-state index contributed by atoms with van der Waals surface area (Å²) in [7, 11) is 0. The van der Waals surface area contributed by atoms with Crippen LogP contribution in [0.1, 0.15) is 11.1 Å². The number of halogens is 3. The summed E-state index contributed by atoms with van der Waals surface area (Å²) in [6.07, 6.45) is -3.03. The summed E-state index contributed by atoms with van der Waals surface area (Å²) in [6, 6.07) is 5.37. The van der Waals surface area contributed by atoms with Gasteiger partial charge in [0, 0.05) is 32.7 Å². The van der Waals surface area contributed by atoms with Crippen LogP contribution in [0.25, 0.3) is 0 Å². The van der Waals surface area contributed by atoms with E-state index in [2.05, 4.69) is 6.58 Å². The number of benzene rings is 1. The number of carbonyl (C=O) groups excluding carboxylic acids is 1. The molecular formula is C15H17F3N2O. The zero-order valence-electron chi connectivity index (χ0n) is 11.6. The Balaban J connectivity index is 1.95. The molecule has 2 rings (SSSR count). The number of rotatable bonds is 3. The zero-order valence-corrected chi connectivity index (χ0v) is 11.6. The number of hydrogen-bond acceptors (Lipinski definition) is 2. The van der Waals surface area contributed by atoms with Gasteiger partial charge in [-0.3, -0.25) is 9.69 Å². The molecule has 0 atom stereocenters. The van der Waals surface area contributed by atoms with Crippen molar-refractivity contribution in [2.24, 2.45) is 0 Å². The predicted octanol–water partition coefficient (Wildman–Crippen LogP) is 2.54. The van der Waals surface area contributed by atoms with Gasteiger partial charge in [0.05, 0.1) is 5.56 Å². The summed E-state index contributed by atoms with van der Waals surface area (Å²) >= 11 is 0. The van der Waals surface area contributed by atoms with E-state index in [1.807, 2.05) is 4.90 Å². The largest absolute Gasteiger partial charge is 0.416 e. The lowest BCUT2D eigenvalue weighted by Gasteiger charge is -2.34. The molecule has 1 aliphatic heterocycles. The molecule has 21 heavy (non-hydrogen) atoms. The van der Waals surface area contributed by atoms with Crippen LogP contribution in [0.2, 0.25) is 0 Å². The quantitative estimate of drug-likeness (QED) is 0.801. The van der Waals surface area contributed by atoms with Crippen molar-refractivity contribution < 1.29 is 18.0 Å². The first kappa shape index (κ1) is 15.6. The average molecular weight is 298 g/mol. The number of carbonyl (C=O) groups is 1. The molecule has 1 heterocycles. The Hall–Kier alpha value is -1.82. The fourth-order valence-electron chi connectivity index (χ4n) is 2.36. The van der Waals surface area contributed by atoms with Crippen molar-refractivity contribution in [3.63, 3.8) is 0 Å². The minimum Gasteiger partial charge on any atom is -0.337 e. The number of hydrogen-bond donors (Lipinski definition) is 0. The molecule has 0 saturated carbocycles. The van der Waals surface area contributed by atoms with Gasteiger partial charge in [-0.1, -0.05) is 24.8 Å². The van der Waals surface area contributed by atoms with Crippen molar-refractivity contribution >= 4 is 5.91 Å². The summed E-state index contributed by atoms with van der Waals surface area (Å²) in [4.78, 5) is 15.2. The Bertz CT molecular complexity index is 520. The van der Waals surface area contributed by atoms with Gasteiger partial charge in [0.25, 0.3) is 0 Å². The molecule has 0 bridgehead atoms. The standard InChI is InChI=1S/C15H17F3N2O/c1-2-14(21)20-8-6-19(7-9-20)11-12-4-3-5-13(10-12)15(16,17)18/h2-5,10H,1,6-9,11H2. The van der Waals surface area contributed by atoms with Gasteiger partial charge < -0.3 is 4.90 Å². The normalized spacial score (nSPS) is 16.8. The maximum absolute atomic E-state index is 12.7. The topological polar surface area (TPSA) is 23.6 Å². The number of alkyl halides is 3. The first-order chi connectivity index (χ1) is 9.90. The van der Waals surface area contributed by atoms with E-state index in [1.54, 1.807) is 11.0 Å². The van der Waals surface area contributed by atoms with Gasteiger partial charge in [-0.05, 0) is 17.7 Å². The maximum Gasteiger partial charge on any atom is 0.416 e. The third-order valence-corrected chi connectivity index (χ3v) is 3.52. The molecular weight excluding hydrogens is 281 g/mol. The van der Waals surface area contributed by atoms with Crippen LogP contribution in [0, 0.1) is 0 Å². The predicted molar refractivity (Wildman–Crippen MR) is 73.5 cm³/mol. The van der Waals surface area contributed by atoms with E-state index >= 15 is 0 Å². The van der Waals surface area contributed by atoms with E-state index in [9.17, 15) is 18.0 Å². The summed E-state index contributed by atoms with van der Waals surface area (Å²) < 4.78 is 38.0. The Morgan fingerprint density at radius 3 is 2.48 bits per heavy atom. The second-order valence-corrected chi connectivity index (χ2v) is 5.00. The third kappa shape index (κ3) is 4.07. The van der Waals surface area contributed by atoms with Crippen LogP contribution in [-0.4, -0.2) is 41.9 Å². The van der Waals surface area contributed by atoms with E-state index < -0.39 is 11.7 Å². The molecule has 0 aromatic heterocycles. The van der Waals surface area contributed by atoms with Crippen molar-refractivity contribution in [1.29, 1.82) is 0 Å². The highest BCUT2D eigenvalue weighted by Crippen LogP contribution is 2.29. The second-order valence-electron chi connectivity index (χ2n) is 5.00. The summed E-state index contributed by atoms with van der Waals surface area (Å²) in [5, 5.41) is 0. The number of amides is 1. The van der Waals surface area contributed by atoms with Crippen molar-refractivity contribution in [2.75, 3.05) is 26.2 Å². The third-order valence-electron chi connectivity index (χ3n) is 3.52. The SMILES string of the molecule is C=CC(=O)N1CCN(Cc2cccc(C(F)(F)F)c2)CC1. The molecule has 6 heteroatoms. The van der Waals surface area contributed by atoms with Crippen molar-refractivity contribution in [3.8, 4) is 0 Å². The van der Waals surface area contributed by atoms with Gasteiger partial charge in [-0.25, -0.2) is 0 Å². The molecule has 0 aliphatic carbocycles. The van der Waals surface area contributed by atoms with Crippen LogP contribution in [0.3, 0.4) is 0 Å². The number of nitrogens with zero attached hydrogens (tertiary/aromatic N) is 2. The van der Waals surface area contributed by atoms with Crippen LogP contribution < -0.4 is 0 Å². The van der Waals surface area contributed by atoms with E-state index in [0.717, 1.165) is 6.07 Å². The van der Waals surface area contributed by atoms with Gasteiger partial charge in [0.2, 0.25) is 5.91 Å². The zero-order chi connectivity index (χ0) is 15.5. The van der Waals surface area contributed by atoms with Gasteiger partial charge in [-0.2, -0.15) is 13.2 Å². The lowest BCUT2D eigenvalue weighted by Crippen LogP contribution is -2.47. The molecule has 1 saturated heterocycles. The van der Waals surface area contributed by atoms with Crippen LogP contribution >= 0.6 is 0 Å². The molecule has 0 N–H and O–H groups in total. The lowest BCUT2D eigenvalue weighted by atomic mass is 10.1. The number of piperazine rings is 1. The Morgan fingerprint density at radius 2 is 1.90 bits per heavy atom. The molecule has 114 valence electrons. The van der Waals surface area contributed by atoms with Crippen LogP contribution in [0.4, 0.5) is 13.2 Å². The van der Waals surface area contributed by atoms with Gasteiger partial charge in [0.15, 0.2) is 0 Å². The van der Waals surface area contributed by atoms with Crippen molar-refractivity contribution in [3.05, 3.63) is 48.0 Å². The minimum atomic E-state index is -4.31. The van der Waals surface area contributed by atoms with E-state index in [0.29, 0.717) is 38.3 Å². The summed E-state index contributed by atoms with van der Waals surface area (Å²) in [5.74, 6) is -0.103. The van der Waals surface area contributed by atoms with Crippen LogP contribution in [-0.2, 0) is 17.5 Å². The summed E-state index contributed by atoms with van der Waals surface area (Å²) in [6.45, 7) is 6.35. The van der Waals surface area contributed by atoms with Crippen LogP contribution in [0.5, 0.6) is 0 Å². The molecule has 3 nitrogen and oxygen atoms in total. The second kappa shape index (κ2) is 6.30. The maximum atomic E-state index is 12.7. The molecule has 0 spiro atoms. The lowest BCUT2D eigenvalue weighted by molar-refractivity contribution is -0.137. The van der Waals surface area contributed by atoms with Gasteiger partial charge in [-0.15, -0.1) is 0 Å². The fourth-order valence-corrected chi connectivity index (χ4v) is 2.36. The Labute approximate surface area is 121 Å². The fraction of sp³-hybridized carbons (Fsp3) is 0.400.